The number of carboxylic acid groups (broad SMARTS) is 1. The van der Waals surface area contributed by atoms with E-state index in [0.29, 0.717) is 38.7 Å². The van der Waals surface area contributed by atoms with Crippen molar-refractivity contribution in [3.63, 3.8) is 0 Å². The van der Waals surface area contributed by atoms with Crippen LogP contribution in [-0.4, -0.2) is 137 Å². The number of unbranched alkanes of at least 4 members (excludes halogenated alkanes) is 13. The SMILES string of the molecule is CC(=O)CCCCCCCCCCCCCCCCNCC(=O)N(CCC(=O)NCCOCCOCC(=O)NCCOCCOCC(C)=O)CC(=O)O. The summed E-state index contributed by atoms with van der Waals surface area (Å²) in [4.78, 5) is 70.8. The maximum Gasteiger partial charge on any atom is 0.323 e. The molecule has 53 heavy (non-hydrogen) atoms. The summed E-state index contributed by atoms with van der Waals surface area (Å²) in [6, 6.07) is 0. The predicted octanol–water partition coefficient (Wildman–Crippen LogP) is 3.21. The van der Waals surface area contributed by atoms with Crippen LogP contribution in [0.15, 0.2) is 0 Å². The first kappa shape index (κ1) is 50.0. The average Bonchev–Trinajstić information content (AvgIpc) is 3.11. The first-order valence-corrected chi connectivity index (χ1v) is 19.6. The fraction of sp³-hybridized carbons (Fsp3) is 0.842. The zero-order valence-electron chi connectivity index (χ0n) is 32.7. The van der Waals surface area contributed by atoms with Gasteiger partial charge in [0.2, 0.25) is 17.7 Å². The van der Waals surface area contributed by atoms with Gasteiger partial charge in [0, 0.05) is 32.5 Å². The molecule has 0 aliphatic rings. The highest BCUT2D eigenvalue weighted by Gasteiger charge is 2.17. The first-order valence-electron chi connectivity index (χ1n) is 19.6. The lowest BCUT2D eigenvalue weighted by atomic mass is 10.0. The van der Waals surface area contributed by atoms with Crippen molar-refractivity contribution in [2.24, 2.45) is 0 Å². The van der Waals surface area contributed by atoms with Gasteiger partial charge in [0.05, 0.1) is 46.2 Å². The average molecular weight is 759 g/mol. The van der Waals surface area contributed by atoms with Crippen molar-refractivity contribution in [3.05, 3.63) is 0 Å². The summed E-state index contributed by atoms with van der Waals surface area (Å²) < 4.78 is 21.0. The summed E-state index contributed by atoms with van der Waals surface area (Å²) in [5.74, 6) is -1.86. The number of ether oxygens (including phenoxy) is 4. The van der Waals surface area contributed by atoms with E-state index in [9.17, 15) is 33.9 Å². The maximum absolute atomic E-state index is 12.6. The summed E-state index contributed by atoms with van der Waals surface area (Å²) in [5.41, 5.74) is 0. The van der Waals surface area contributed by atoms with Crippen LogP contribution >= 0.6 is 0 Å². The second-order valence-electron chi connectivity index (χ2n) is 13.3. The number of amides is 3. The van der Waals surface area contributed by atoms with Crippen molar-refractivity contribution in [2.45, 2.75) is 117 Å². The summed E-state index contributed by atoms with van der Waals surface area (Å²) in [6.45, 7) is 5.42. The Balaban J connectivity index is 3.73. The highest BCUT2D eigenvalue weighted by Crippen LogP contribution is 2.13. The molecular weight excluding hydrogens is 688 g/mol. The summed E-state index contributed by atoms with van der Waals surface area (Å²) >= 11 is 0. The van der Waals surface area contributed by atoms with Crippen molar-refractivity contribution in [3.8, 4) is 0 Å². The van der Waals surface area contributed by atoms with Gasteiger partial charge in [0.25, 0.3) is 0 Å². The zero-order chi connectivity index (χ0) is 39.2. The number of Topliss-reactive ketones (excluding diaryl/α,β-unsaturated/α-hetero) is 2. The molecule has 0 spiro atoms. The zero-order valence-corrected chi connectivity index (χ0v) is 32.7. The normalized spacial score (nSPS) is 11.0. The van der Waals surface area contributed by atoms with E-state index in [0.717, 1.165) is 32.1 Å². The van der Waals surface area contributed by atoms with Crippen molar-refractivity contribution >= 4 is 35.3 Å². The Kier molecular flexibility index (Phi) is 35.2. The Morgan fingerprint density at radius 2 is 0.981 bits per heavy atom. The van der Waals surface area contributed by atoms with Crippen LogP contribution in [0.2, 0.25) is 0 Å². The fourth-order valence-corrected chi connectivity index (χ4v) is 5.23. The molecule has 0 aliphatic heterocycles. The van der Waals surface area contributed by atoms with E-state index in [1.807, 2.05) is 0 Å². The predicted molar refractivity (Wildman–Crippen MR) is 202 cm³/mol. The Morgan fingerprint density at radius 1 is 0.509 bits per heavy atom. The summed E-state index contributed by atoms with van der Waals surface area (Å²) in [7, 11) is 0. The largest absolute Gasteiger partial charge is 0.480 e. The van der Waals surface area contributed by atoms with Gasteiger partial charge in [-0.1, -0.05) is 77.0 Å². The summed E-state index contributed by atoms with van der Waals surface area (Å²) in [6.07, 6.45) is 17.5. The second kappa shape index (κ2) is 37.3. The standard InChI is InChI=1S/C38H70N4O11/c1-33(43)17-15-13-11-9-7-5-3-4-6-8-10-12-14-16-19-39-29-37(47)42(30-38(48)49)22-18-35(45)40-20-23-50-26-28-53-32-36(46)41-21-24-51-25-27-52-31-34(2)44/h39H,3-32H2,1-2H3,(H,40,45)(H,41,46)(H,48,49). The number of carbonyl (C=O) groups excluding carboxylic acids is 5. The van der Waals surface area contributed by atoms with Gasteiger partial charge in [-0.15, -0.1) is 0 Å². The molecule has 15 heteroatoms. The lowest BCUT2D eigenvalue weighted by Gasteiger charge is -2.21. The van der Waals surface area contributed by atoms with Crippen LogP contribution in [0.25, 0.3) is 0 Å². The van der Waals surface area contributed by atoms with Gasteiger partial charge in [-0.2, -0.15) is 0 Å². The van der Waals surface area contributed by atoms with E-state index < -0.39 is 12.5 Å². The minimum atomic E-state index is -1.14. The van der Waals surface area contributed by atoms with Crippen LogP contribution in [-0.2, 0) is 47.7 Å². The minimum Gasteiger partial charge on any atom is -0.480 e. The van der Waals surface area contributed by atoms with Crippen molar-refractivity contribution in [1.82, 2.24) is 20.9 Å². The lowest BCUT2D eigenvalue weighted by molar-refractivity contribution is -0.144. The Labute approximate surface area is 317 Å². The van der Waals surface area contributed by atoms with E-state index in [-0.39, 0.29) is 82.6 Å². The first-order chi connectivity index (χ1) is 25.6. The highest BCUT2D eigenvalue weighted by atomic mass is 16.5. The molecule has 0 radical (unpaired) electrons. The Hall–Kier alpha value is -2.98. The third-order valence-corrected chi connectivity index (χ3v) is 8.12. The molecule has 0 atom stereocenters. The molecule has 0 heterocycles. The molecular formula is C38H70N4O11. The fourth-order valence-electron chi connectivity index (χ4n) is 5.23. The van der Waals surface area contributed by atoms with E-state index in [1.165, 1.54) is 76.0 Å². The second-order valence-corrected chi connectivity index (χ2v) is 13.3. The summed E-state index contributed by atoms with van der Waals surface area (Å²) in [5, 5.41) is 17.7. The van der Waals surface area contributed by atoms with E-state index >= 15 is 0 Å². The number of nitrogens with zero attached hydrogens (tertiary/aromatic N) is 1. The van der Waals surface area contributed by atoms with E-state index in [4.69, 9.17) is 18.9 Å². The number of rotatable bonds is 40. The molecule has 0 rings (SSSR count). The molecule has 0 unspecified atom stereocenters. The van der Waals surface area contributed by atoms with Gasteiger partial charge >= 0.3 is 5.97 Å². The van der Waals surface area contributed by atoms with Crippen LogP contribution in [0.1, 0.15) is 117 Å². The van der Waals surface area contributed by atoms with Crippen molar-refractivity contribution in [1.29, 1.82) is 0 Å². The highest BCUT2D eigenvalue weighted by molar-refractivity contribution is 5.83. The van der Waals surface area contributed by atoms with Crippen LogP contribution in [0, 0.1) is 0 Å². The molecule has 0 aromatic heterocycles. The van der Waals surface area contributed by atoms with Gasteiger partial charge < -0.3 is 49.7 Å². The lowest BCUT2D eigenvalue weighted by Crippen LogP contribution is -2.43. The van der Waals surface area contributed by atoms with Crippen LogP contribution < -0.4 is 16.0 Å². The molecule has 15 nitrogen and oxygen atoms in total. The van der Waals surface area contributed by atoms with Gasteiger partial charge in [-0.25, -0.2) is 0 Å². The molecule has 3 amide bonds. The van der Waals surface area contributed by atoms with Crippen LogP contribution in [0.4, 0.5) is 0 Å². The molecule has 308 valence electrons. The third kappa shape index (κ3) is 38.6. The number of aliphatic carboxylic acids is 1. The molecule has 0 saturated heterocycles. The molecule has 0 bridgehead atoms. The van der Waals surface area contributed by atoms with E-state index in [1.54, 1.807) is 6.92 Å². The number of hydrogen-bond acceptors (Lipinski definition) is 11. The van der Waals surface area contributed by atoms with E-state index in [2.05, 4.69) is 16.0 Å². The quantitative estimate of drug-likeness (QED) is 0.0667. The van der Waals surface area contributed by atoms with Gasteiger partial charge in [-0.3, -0.25) is 24.0 Å². The van der Waals surface area contributed by atoms with Gasteiger partial charge in [0.1, 0.15) is 25.5 Å². The topological polar surface area (TPSA) is 199 Å². The smallest absolute Gasteiger partial charge is 0.323 e. The number of nitrogens with one attached hydrogen (secondary N) is 3. The van der Waals surface area contributed by atoms with Crippen LogP contribution in [0.5, 0.6) is 0 Å². The molecule has 0 fully saturated rings. The molecule has 0 aliphatic carbocycles. The monoisotopic (exact) mass is 759 g/mol. The Bertz CT molecular complexity index is 984. The molecule has 0 aromatic rings. The molecule has 0 saturated carbocycles. The number of carbonyl (C=O) groups is 6. The van der Waals surface area contributed by atoms with Gasteiger partial charge in [0.15, 0.2) is 5.78 Å². The number of hydrogen-bond donors (Lipinski definition) is 4. The van der Waals surface area contributed by atoms with Crippen LogP contribution in [0.3, 0.4) is 0 Å². The third-order valence-electron chi connectivity index (χ3n) is 8.12. The number of carboxylic acids is 1. The maximum atomic E-state index is 12.6. The Morgan fingerprint density at radius 3 is 1.49 bits per heavy atom. The van der Waals surface area contributed by atoms with Gasteiger partial charge in [-0.05, 0) is 33.2 Å². The molecule has 4 N–H and O–H groups in total. The minimum absolute atomic E-state index is 0.000703. The number of ketones is 2. The van der Waals surface area contributed by atoms with Crippen molar-refractivity contribution < 1.29 is 52.8 Å². The molecule has 0 aromatic carbocycles. The van der Waals surface area contributed by atoms with Crippen molar-refractivity contribution in [2.75, 3.05) is 92.1 Å².